The minimum atomic E-state index is 0.200. The summed E-state index contributed by atoms with van der Waals surface area (Å²) in [7, 11) is 0. The van der Waals surface area contributed by atoms with Gasteiger partial charge in [0.15, 0.2) is 0 Å². The summed E-state index contributed by atoms with van der Waals surface area (Å²) in [5.41, 5.74) is 6.26. The molecule has 0 radical (unpaired) electrons. The molecule has 2 heteroatoms. The van der Waals surface area contributed by atoms with E-state index in [1.807, 2.05) is 0 Å². The molecule has 0 bridgehead atoms. The minimum Gasteiger partial charge on any atom is -0.373 e. The van der Waals surface area contributed by atoms with E-state index in [0.717, 1.165) is 6.42 Å². The molecule has 2 nitrogen and oxygen atoms in total. The molecule has 0 saturated carbocycles. The Morgan fingerprint density at radius 1 is 1.00 bits per heavy atom. The van der Waals surface area contributed by atoms with Crippen LogP contribution in [0.2, 0.25) is 0 Å². The van der Waals surface area contributed by atoms with Gasteiger partial charge < -0.3 is 10.5 Å². The maximum Gasteiger partial charge on any atom is 0.0701 e. The average molecular weight is 227 g/mol. The van der Waals surface area contributed by atoms with Gasteiger partial charge in [0.2, 0.25) is 0 Å². The molecule has 2 N–H and O–H groups in total. The highest BCUT2D eigenvalue weighted by atomic mass is 16.5. The van der Waals surface area contributed by atoms with Crippen LogP contribution in [0.1, 0.15) is 54.4 Å². The molecule has 16 heavy (non-hydrogen) atoms. The predicted molar refractivity (Wildman–Crippen MR) is 69.3 cm³/mol. The van der Waals surface area contributed by atoms with E-state index in [0.29, 0.717) is 24.0 Å². The van der Waals surface area contributed by atoms with Crippen molar-refractivity contribution in [2.75, 3.05) is 6.54 Å². The van der Waals surface area contributed by atoms with E-state index < -0.39 is 0 Å². The molecule has 0 spiro atoms. The predicted octanol–water partition coefficient (Wildman–Crippen LogP) is 3.20. The highest BCUT2D eigenvalue weighted by Crippen LogP contribution is 2.44. The third kappa shape index (κ3) is 3.21. The summed E-state index contributed by atoms with van der Waals surface area (Å²) in [5.74, 6) is 0.635. The van der Waals surface area contributed by atoms with Crippen LogP contribution >= 0.6 is 0 Å². The largest absolute Gasteiger partial charge is 0.373 e. The maximum absolute atomic E-state index is 6.21. The maximum atomic E-state index is 6.21. The Morgan fingerprint density at radius 2 is 1.56 bits per heavy atom. The minimum absolute atomic E-state index is 0.200. The number of ether oxygens (including phenoxy) is 1. The Bertz CT molecular complexity index is 224. The highest BCUT2D eigenvalue weighted by Gasteiger charge is 2.43. The number of rotatable bonds is 1. The lowest BCUT2D eigenvalue weighted by Gasteiger charge is -2.48. The third-order valence-corrected chi connectivity index (χ3v) is 3.73. The van der Waals surface area contributed by atoms with Crippen LogP contribution < -0.4 is 5.73 Å². The van der Waals surface area contributed by atoms with E-state index in [1.165, 1.54) is 6.42 Å². The van der Waals surface area contributed by atoms with Crippen molar-refractivity contribution in [1.29, 1.82) is 0 Å². The van der Waals surface area contributed by atoms with Crippen molar-refractivity contribution in [2.24, 2.45) is 22.5 Å². The third-order valence-electron chi connectivity index (χ3n) is 3.73. The molecule has 3 atom stereocenters. The molecule has 3 unspecified atom stereocenters. The van der Waals surface area contributed by atoms with Gasteiger partial charge in [0, 0.05) is 6.54 Å². The van der Waals surface area contributed by atoms with Crippen LogP contribution in [0.15, 0.2) is 0 Å². The molecule has 0 aromatic heterocycles. The van der Waals surface area contributed by atoms with Gasteiger partial charge in [-0.05, 0) is 29.6 Å². The second-order valence-electron chi connectivity index (χ2n) is 7.33. The lowest BCUT2D eigenvalue weighted by atomic mass is 9.66. The molecule has 1 aliphatic heterocycles. The van der Waals surface area contributed by atoms with E-state index in [-0.39, 0.29) is 11.5 Å². The van der Waals surface area contributed by atoms with Gasteiger partial charge in [-0.2, -0.15) is 0 Å². The fraction of sp³-hybridized carbons (Fsp3) is 1.00. The van der Waals surface area contributed by atoms with E-state index in [4.69, 9.17) is 10.5 Å². The molecule has 1 saturated heterocycles. The smallest absolute Gasteiger partial charge is 0.0701 e. The second kappa shape index (κ2) is 4.66. The average Bonchev–Trinajstić information content (AvgIpc) is 2.14. The lowest BCUT2D eigenvalue weighted by molar-refractivity contribution is -0.150. The van der Waals surface area contributed by atoms with Crippen molar-refractivity contribution in [3.63, 3.8) is 0 Å². The van der Waals surface area contributed by atoms with Crippen molar-refractivity contribution >= 4 is 0 Å². The van der Waals surface area contributed by atoms with Crippen molar-refractivity contribution in [1.82, 2.24) is 0 Å². The van der Waals surface area contributed by atoms with Gasteiger partial charge in [-0.15, -0.1) is 0 Å². The van der Waals surface area contributed by atoms with Crippen LogP contribution in [0, 0.1) is 16.7 Å². The van der Waals surface area contributed by atoms with Gasteiger partial charge in [-0.3, -0.25) is 0 Å². The molecule has 0 amide bonds. The molecule has 1 rings (SSSR count). The van der Waals surface area contributed by atoms with Crippen LogP contribution in [-0.2, 0) is 4.74 Å². The van der Waals surface area contributed by atoms with E-state index in [9.17, 15) is 0 Å². The van der Waals surface area contributed by atoms with Crippen molar-refractivity contribution in [3.05, 3.63) is 0 Å². The summed E-state index contributed by atoms with van der Waals surface area (Å²) in [5, 5.41) is 0. The topological polar surface area (TPSA) is 35.2 Å². The SMILES string of the molecule is CC(C)(C)C1CCC(CN)OC1C(C)(C)C. The molecule has 96 valence electrons. The molecular weight excluding hydrogens is 198 g/mol. The molecule has 1 aliphatic rings. The molecule has 0 aromatic carbocycles. The molecule has 0 aliphatic carbocycles. The van der Waals surface area contributed by atoms with Gasteiger partial charge in [0.1, 0.15) is 0 Å². The quantitative estimate of drug-likeness (QED) is 0.746. The first-order valence-corrected chi connectivity index (χ1v) is 6.52. The van der Waals surface area contributed by atoms with Crippen LogP contribution in [-0.4, -0.2) is 18.8 Å². The van der Waals surface area contributed by atoms with Gasteiger partial charge >= 0.3 is 0 Å². The fourth-order valence-corrected chi connectivity index (χ4v) is 2.76. The van der Waals surface area contributed by atoms with E-state index in [2.05, 4.69) is 41.5 Å². The summed E-state index contributed by atoms with van der Waals surface area (Å²) in [6, 6.07) is 0. The van der Waals surface area contributed by atoms with Gasteiger partial charge in [0.05, 0.1) is 12.2 Å². The Kier molecular flexibility index (Phi) is 4.07. The summed E-state index contributed by atoms with van der Waals surface area (Å²) < 4.78 is 6.21. The van der Waals surface area contributed by atoms with Gasteiger partial charge in [-0.1, -0.05) is 41.5 Å². The van der Waals surface area contributed by atoms with E-state index >= 15 is 0 Å². The molecule has 0 aromatic rings. The Labute approximate surface area is 101 Å². The van der Waals surface area contributed by atoms with Crippen LogP contribution in [0.5, 0.6) is 0 Å². The normalized spacial score (nSPS) is 32.8. The monoisotopic (exact) mass is 227 g/mol. The zero-order valence-electron chi connectivity index (χ0n) is 11.8. The van der Waals surface area contributed by atoms with E-state index in [1.54, 1.807) is 0 Å². The zero-order chi connectivity index (χ0) is 12.6. The van der Waals surface area contributed by atoms with Crippen LogP contribution in [0.3, 0.4) is 0 Å². The first kappa shape index (κ1) is 14.0. The summed E-state index contributed by atoms with van der Waals surface area (Å²) in [6.45, 7) is 14.4. The van der Waals surface area contributed by atoms with Crippen LogP contribution in [0.25, 0.3) is 0 Å². The Morgan fingerprint density at radius 3 is 1.94 bits per heavy atom. The molecular formula is C14H29NO. The van der Waals surface area contributed by atoms with Crippen molar-refractivity contribution in [2.45, 2.75) is 66.6 Å². The fourth-order valence-electron chi connectivity index (χ4n) is 2.76. The molecule has 1 fully saturated rings. The first-order chi connectivity index (χ1) is 7.16. The van der Waals surface area contributed by atoms with Crippen molar-refractivity contribution < 1.29 is 4.74 Å². The number of hydrogen-bond acceptors (Lipinski definition) is 2. The summed E-state index contributed by atoms with van der Waals surface area (Å²) in [4.78, 5) is 0. The number of hydrogen-bond donors (Lipinski definition) is 1. The molecule has 1 heterocycles. The lowest BCUT2D eigenvalue weighted by Crippen LogP contribution is -2.49. The summed E-state index contributed by atoms with van der Waals surface area (Å²) in [6.07, 6.45) is 2.95. The first-order valence-electron chi connectivity index (χ1n) is 6.52. The number of nitrogens with two attached hydrogens (primary N) is 1. The van der Waals surface area contributed by atoms with Crippen molar-refractivity contribution in [3.8, 4) is 0 Å². The summed E-state index contributed by atoms with van der Waals surface area (Å²) >= 11 is 0. The highest BCUT2D eigenvalue weighted by molar-refractivity contribution is 4.92. The zero-order valence-corrected chi connectivity index (χ0v) is 11.8. The van der Waals surface area contributed by atoms with Gasteiger partial charge in [0.25, 0.3) is 0 Å². The van der Waals surface area contributed by atoms with Gasteiger partial charge in [-0.25, -0.2) is 0 Å². The standard InChI is InChI=1S/C14H29NO/c1-13(2,3)11-8-7-10(9-15)16-12(11)14(4,5)6/h10-12H,7-9,15H2,1-6H3. The Hall–Kier alpha value is -0.0800. The second-order valence-corrected chi connectivity index (χ2v) is 7.33. The van der Waals surface area contributed by atoms with Crippen LogP contribution in [0.4, 0.5) is 0 Å². The Balaban J connectivity index is 2.85.